The largest absolute Gasteiger partial charge is 0.393 e. The van der Waals surface area contributed by atoms with Crippen LogP contribution >= 0.6 is 0 Å². The van der Waals surface area contributed by atoms with Crippen LogP contribution in [0.5, 0.6) is 0 Å². The van der Waals surface area contributed by atoms with Gasteiger partial charge in [-0.05, 0) is 112 Å². The first-order valence-corrected chi connectivity index (χ1v) is 11.3. The van der Waals surface area contributed by atoms with Gasteiger partial charge >= 0.3 is 0 Å². The highest BCUT2D eigenvalue weighted by Gasteiger charge is 2.60. The van der Waals surface area contributed by atoms with E-state index in [0.29, 0.717) is 16.7 Å². The summed E-state index contributed by atoms with van der Waals surface area (Å²) < 4.78 is 0. The molecule has 25 heavy (non-hydrogen) atoms. The molecule has 4 rings (SSSR count). The molecule has 4 fully saturated rings. The first kappa shape index (κ1) is 18.3. The van der Waals surface area contributed by atoms with Crippen molar-refractivity contribution >= 4 is 0 Å². The minimum absolute atomic E-state index is 0.117. The Bertz CT molecular complexity index is 490. The minimum atomic E-state index is -0.117. The molecule has 0 aromatic rings. The zero-order valence-electron chi connectivity index (χ0n) is 17.1. The molecule has 144 valence electrons. The molecule has 0 spiro atoms. The predicted octanol–water partition coefficient (Wildman–Crippen LogP) is 5.00. The molecule has 4 saturated carbocycles. The van der Waals surface area contributed by atoms with Crippen LogP contribution < -0.4 is 5.32 Å². The van der Waals surface area contributed by atoms with Crippen LogP contribution in [0, 0.1) is 40.4 Å². The lowest BCUT2D eigenvalue weighted by Gasteiger charge is -2.61. The zero-order chi connectivity index (χ0) is 17.8. The highest BCUT2D eigenvalue weighted by atomic mass is 16.3. The van der Waals surface area contributed by atoms with Crippen LogP contribution in [-0.4, -0.2) is 23.8 Å². The first-order chi connectivity index (χ1) is 11.9. The van der Waals surface area contributed by atoms with E-state index >= 15 is 0 Å². The second-order valence-corrected chi connectivity index (χ2v) is 10.7. The molecule has 4 aliphatic rings. The van der Waals surface area contributed by atoms with Gasteiger partial charge in [0, 0.05) is 6.04 Å². The third-order valence-electron chi connectivity index (χ3n) is 9.81. The van der Waals surface area contributed by atoms with Gasteiger partial charge in [0.15, 0.2) is 0 Å². The molecule has 1 unspecified atom stereocenters. The Morgan fingerprint density at radius 2 is 1.68 bits per heavy atom. The van der Waals surface area contributed by atoms with Crippen molar-refractivity contribution in [3.05, 3.63) is 0 Å². The molecule has 2 N–H and O–H groups in total. The van der Waals surface area contributed by atoms with Crippen molar-refractivity contribution < 1.29 is 5.11 Å². The topological polar surface area (TPSA) is 32.3 Å². The van der Waals surface area contributed by atoms with Crippen LogP contribution in [0.2, 0.25) is 0 Å². The van der Waals surface area contributed by atoms with Gasteiger partial charge in [0.1, 0.15) is 0 Å². The van der Waals surface area contributed by atoms with Gasteiger partial charge in [-0.1, -0.05) is 20.8 Å². The average molecular weight is 348 g/mol. The quantitative estimate of drug-likeness (QED) is 0.752. The molecule has 2 nitrogen and oxygen atoms in total. The molecule has 0 heterocycles. The van der Waals surface area contributed by atoms with Crippen molar-refractivity contribution in [2.45, 2.75) is 97.6 Å². The summed E-state index contributed by atoms with van der Waals surface area (Å²) in [6.07, 6.45) is 12.5. The molecule has 0 saturated heterocycles. The van der Waals surface area contributed by atoms with Gasteiger partial charge in [0.25, 0.3) is 0 Å². The monoisotopic (exact) mass is 347 g/mol. The van der Waals surface area contributed by atoms with Crippen molar-refractivity contribution in [1.82, 2.24) is 5.32 Å². The molecule has 0 aliphatic heterocycles. The predicted molar refractivity (Wildman–Crippen MR) is 104 cm³/mol. The van der Waals surface area contributed by atoms with Crippen LogP contribution in [0.15, 0.2) is 0 Å². The maximum Gasteiger partial charge on any atom is 0.0545 e. The summed E-state index contributed by atoms with van der Waals surface area (Å²) in [5, 5.41) is 14.1. The lowest BCUT2D eigenvalue weighted by atomic mass is 9.44. The van der Waals surface area contributed by atoms with Gasteiger partial charge in [-0.2, -0.15) is 0 Å². The van der Waals surface area contributed by atoms with Gasteiger partial charge < -0.3 is 10.4 Å². The number of fused-ring (bicyclic) bond motifs is 5. The van der Waals surface area contributed by atoms with Crippen LogP contribution in [-0.2, 0) is 0 Å². The summed E-state index contributed by atoms with van der Waals surface area (Å²) in [6.45, 7) is 10.6. The van der Waals surface area contributed by atoms with Crippen molar-refractivity contribution in [3.63, 3.8) is 0 Å². The molecule has 2 heteroatoms. The van der Waals surface area contributed by atoms with E-state index in [-0.39, 0.29) is 6.10 Å². The Kier molecular flexibility index (Phi) is 4.77. The maximum absolute atomic E-state index is 10.4. The summed E-state index contributed by atoms with van der Waals surface area (Å²) >= 11 is 0. The second kappa shape index (κ2) is 6.51. The summed E-state index contributed by atoms with van der Waals surface area (Å²) in [4.78, 5) is 0. The van der Waals surface area contributed by atoms with E-state index in [0.717, 1.165) is 36.3 Å². The smallest absolute Gasteiger partial charge is 0.0545 e. The Hall–Kier alpha value is -0.0800. The molecule has 0 radical (unpaired) electrons. The van der Waals surface area contributed by atoms with E-state index in [1.807, 2.05) is 6.92 Å². The molecular formula is C23H41NO. The van der Waals surface area contributed by atoms with Crippen LogP contribution in [0.1, 0.15) is 85.5 Å². The molecule has 9 atom stereocenters. The fraction of sp³-hybridized carbons (Fsp3) is 1.00. The fourth-order valence-electron chi connectivity index (χ4n) is 8.57. The Morgan fingerprint density at radius 3 is 2.40 bits per heavy atom. The van der Waals surface area contributed by atoms with Gasteiger partial charge in [-0.15, -0.1) is 0 Å². The van der Waals surface area contributed by atoms with Gasteiger partial charge in [0.05, 0.1) is 6.10 Å². The molecule has 0 aromatic heterocycles. The van der Waals surface area contributed by atoms with Gasteiger partial charge in [-0.3, -0.25) is 0 Å². The van der Waals surface area contributed by atoms with E-state index in [1.165, 1.54) is 57.8 Å². The van der Waals surface area contributed by atoms with Gasteiger partial charge in [-0.25, -0.2) is 0 Å². The Morgan fingerprint density at radius 1 is 0.960 bits per heavy atom. The van der Waals surface area contributed by atoms with E-state index in [1.54, 1.807) is 0 Å². The highest BCUT2D eigenvalue weighted by molar-refractivity contribution is 5.10. The van der Waals surface area contributed by atoms with Crippen LogP contribution in [0.4, 0.5) is 0 Å². The van der Waals surface area contributed by atoms with Crippen molar-refractivity contribution in [1.29, 1.82) is 0 Å². The normalized spacial score (nSPS) is 53.6. The zero-order valence-corrected chi connectivity index (χ0v) is 17.1. The third-order valence-corrected chi connectivity index (χ3v) is 9.81. The van der Waals surface area contributed by atoms with Gasteiger partial charge in [0.2, 0.25) is 0 Å². The lowest BCUT2D eigenvalue weighted by molar-refractivity contribution is -0.121. The second-order valence-electron chi connectivity index (χ2n) is 10.7. The van der Waals surface area contributed by atoms with E-state index in [9.17, 15) is 5.11 Å². The summed E-state index contributed by atoms with van der Waals surface area (Å²) in [5.74, 6) is 4.28. The van der Waals surface area contributed by atoms with Crippen molar-refractivity contribution in [2.75, 3.05) is 6.54 Å². The number of hydrogen-bond donors (Lipinski definition) is 2. The Labute approximate surface area is 155 Å². The number of aliphatic hydroxyl groups excluding tert-OH is 1. The SMILES string of the molecule is CCN[C@@H]1CC[C@@]2(C)[C@@H](CC[C@@H]3[C@@H]2CC[C@]2(C)[C@@H](C(C)O)CC[C@@H]32)C1. The maximum atomic E-state index is 10.4. The summed E-state index contributed by atoms with van der Waals surface area (Å²) in [7, 11) is 0. The first-order valence-electron chi connectivity index (χ1n) is 11.3. The van der Waals surface area contributed by atoms with E-state index < -0.39 is 0 Å². The number of aliphatic hydroxyl groups is 1. The average Bonchev–Trinajstić information content (AvgIpc) is 2.93. The van der Waals surface area contributed by atoms with Crippen molar-refractivity contribution in [3.8, 4) is 0 Å². The molecule has 4 aliphatic carbocycles. The van der Waals surface area contributed by atoms with Crippen LogP contribution in [0.25, 0.3) is 0 Å². The molecule has 0 bridgehead atoms. The fourth-order valence-corrected chi connectivity index (χ4v) is 8.57. The van der Waals surface area contributed by atoms with E-state index in [4.69, 9.17) is 0 Å². The molecule has 0 amide bonds. The summed E-state index contributed by atoms with van der Waals surface area (Å²) in [5.41, 5.74) is 1.01. The summed E-state index contributed by atoms with van der Waals surface area (Å²) in [6, 6.07) is 0.777. The van der Waals surface area contributed by atoms with E-state index in [2.05, 4.69) is 26.1 Å². The Balaban J connectivity index is 1.54. The number of hydrogen-bond acceptors (Lipinski definition) is 2. The molecular weight excluding hydrogens is 306 g/mol. The third kappa shape index (κ3) is 2.73. The van der Waals surface area contributed by atoms with Crippen LogP contribution in [0.3, 0.4) is 0 Å². The molecule has 0 aromatic carbocycles. The van der Waals surface area contributed by atoms with Crippen molar-refractivity contribution in [2.24, 2.45) is 40.4 Å². The number of nitrogens with one attached hydrogen (secondary N) is 1. The standard InChI is InChI=1S/C23H41NO/c1-5-24-17-10-12-22(3)16(14-17)6-7-18-20-9-8-19(15(2)25)23(20,4)13-11-21(18)22/h15-21,24-25H,5-14H2,1-4H3/t15?,16-,17+,18-,19+,20-,21-,22-,23+/m0/s1. The lowest BCUT2D eigenvalue weighted by Crippen LogP contribution is -2.55. The number of rotatable bonds is 3. The highest BCUT2D eigenvalue weighted by Crippen LogP contribution is 2.67. The minimum Gasteiger partial charge on any atom is -0.393 e.